The second-order valence-corrected chi connectivity index (χ2v) is 6.59. The van der Waals surface area contributed by atoms with E-state index in [4.69, 9.17) is 16.3 Å². The molecule has 2 aromatic carbocycles. The number of aromatic nitrogens is 1. The summed E-state index contributed by atoms with van der Waals surface area (Å²) in [6.45, 7) is 1.86. The second kappa shape index (κ2) is 9.73. The van der Waals surface area contributed by atoms with Gasteiger partial charge in [0.05, 0.1) is 7.11 Å². The molecule has 0 spiro atoms. The Morgan fingerprint density at radius 1 is 0.967 bits per heavy atom. The largest absolute Gasteiger partial charge is 0.457 e. The summed E-state index contributed by atoms with van der Waals surface area (Å²) in [4.78, 5) is 32.6. The molecule has 154 valence electrons. The van der Waals surface area contributed by atoms with E-state index in [0.29, 0.717) is 27.9 Å². The molecular weight excluding hydrogens is 408 g/mol. The minimum Gasteiger partial charge on any atom is -0.457 e. The third kappa shape index (κ3) is 5.69. The van der Waals surface area contributed by atoms with E-state index in [0.717, 1.165) is 5.56 Å². The van der Waals surface area contributed by atoms with Crippen LogP contribution >= 0.6 is 11.6 Å². The number of hydrogen-bond donors (Lipinski definition) is 3. The first-order valence-electron chi connectivity index (χ1n) is 8.86. The maximum absolute atomic E-state index is 12.3. The van der Waals surface area contributed by atoms with E-state index in [-0.39, 0.29) is 5.69 Å². The zero-order valence-electron chi connectivity index (χ0n) is 16.2. The van der Waals surface area contributed by atoms with Crippen LogP contribution in [0.2, 0.25) is 5.02 Å². The van der Waals surface area contributed by atoms with Gasteiger partial charge in [0.15, 0.2) is 0 Å². The Kier molecular flexibility index (Phi) is 6.84. The fourth-order valence-corrected chi connectivity index (χ4v) is 2.65. The van der Waals surface area contributed by atoms with Gasteiger partial charge in [0.25, 0.3) is 5.91 Å². The van der Waals surface area contributed by atoms with Crippen molar-refractivity contribution in [1.29, 1.82) is 0 Å². The van der Waals surface area contributed by atoms with E-state index in [2.05, 4.69) is 25.9 Å². The monoisotopic (exact) mass is 426 g/mol. The lowest BCUT2D eigenvalue weighted by Crippen LogP contribution is -2.22. The van der Waals surface area contributed by atoms with Gasteiger partial charge in [-0.15, -0.1) is 0 Å². The molecule has 3 N–H and O–H groups in total. The van der Waals surface area contributed by atoms with Gasteiger partial charge in [-0.05, 0) is 48.9 Å². The number of carbonyl (C=O) groups excluding carboxylic acids is 2. The molecule has 0 bridgehead atoms. The Balaban J connectivity index is 1.66. The number of anilines is 2. The summed E-state index contributed by atoms with van der Waals surface area (Å²) >= 11 is 6.00. The average Bonchev–Trinajstić information content (AvgIpc) is 2.71. The van der Waals surface area contributed by atoms with Crippen molar-refractivity contribution in [3.05, 3.63) is 77.1 Å². The van der Waals surface area contributed by atoms with Gasteiger partial charge in [-0.2, -0.15) is 0 Å². The molecule has 3 rings (SSSR count). The van der Waals surface area contributed by atoms with E-state index >= 15 is 0 Å². The summed E-state index contributed by atoms with van der Waals surface area (Å²) in [5.74, 6) is 0.386. The van der Waals surface area contributed by atoms with E-state index in [9.17, 15) is 9.59 Å². The molecule has 3 amide bonds. The molecule has 0 saturated heterocycles. The standard InChI is InChI=1S/C21H19ClN4O4/c1-13-10-15(6-7-18(13)22)25-21(28)24-14-4-3-5-16(11-14)30-17-8-9-23-19(12-17)20(27)26-29-2/h3-12H,1-2H3,(H,26,27)(H2,24,25,28). The summed E-state index contributed by atoms with van der Waals surface area (Å²) in [7, 11) is 1.33. The first-order chi connectivity index (χ1) is 14.4. The van der Waals surface area contributed by atoms with Crippen LogP contribution in [0, 0.1) is 6.92 Å². The van der Waals surface area contributed by atoms with Crippen molar-refractivity contribution in [3.63, 3.8) is 0 Å². The maximum Gasteiger partial charge on any atom is 0.323 e. The number of halogens is 1. The van der Waals surface area contributed by atoms with Gasteiger partial charge in [-0.3, -0.25) is 14.6 Å². The van der Waals surface area contributed by atoms with Crippen molar-refractivity contribution < 1.29 is 19.2 Å². The average molecular weight is 427 g/mol. The number of nitrogens with one attached hydrogen (secondary N) is 3. The number of rotatable bonds is 6. The highest BCUT2D eigenvalue weighted by molar-refractivity contribution is 6.31. The van der Waals surface area contributed by atoms with E-state index in [1.807, 2.05) is 6.92 Å². The summed E-state index contributed by atoms with van der Waals surface area (Å²) in [5, 5.41) is 6.12. The van der Waals surface area contributed by atoms with E-state index in [1.54, 1.807) is 48.5 Å². The van der Waals surface area contributed by atoms with Gasteiger partial charge >= 0.3 is 6.03 Å². The molecule has 30 heavy (non-hydrogen) atoms. The van der Waals surface area contributed by atoms with Crippen molar-refractivity contribution >= 4 is 34.9 Å². The predicted molar refractivity (Wildman–Crippen MR) is 114 cm³/mol. The van der Waals surface area contributed by atoms with Crippen LogP contribution < -0.4 is 20.9 Å². The zero-order chi connectivity index (χ0) is 21.5. The highest BCUT2D eigenvalue weighted by Gasteiger charge is 2.09. The molecule has 0 fully saturated rings. The van der Waals surface area contributed by atoms with Crippen LogP contribution in [-0.4, -0.2) is 24.0 Å². The lowest BCUT2D eigenvalue weighted by molar-refractivity contribution is 0.0532. The minimum atomic E-state index is -0.493. The van der Waals surface area contributed by atoms with Crippen molar-refractivity contribution in [2.75, 3.05) is 17.7 Å². The van der Waals surface area contributed by atoms with Gasteiger partial charge in [0, 0.05) is 34.7 Å². The van der Waals surface area contributed by atoms with Crippen LogP contribution in [0.5, 0.6) is 11.5 Å². The Morgan fingerprint density at radius 2 is 1.70 bits per heavy atom. The Morgan fingerprint density at radius 3 is 2.43 bits per heavy atom. The van der Waals surface area contributed by atoms with Crippen molar-refractivity contribution in [3.8, 4) is 11.5 Å². The number of urea groups is 1. The number of nitrogens with zero attached hydrogens (tertiary/aromatic N) is 1. The topological polar surface area (TPSA) is 102 Å². The van der Waals surface area contributed by atoms with Crippen LogP contribution in [0.15, 0.2) is 60.8 Å². The normalized spacial score (nSPS) is 10.2. The molecule has 0 aliphatic carbocycles. The van der Waals surface area contributed by atoms with Crippen LogP contribution in [0.25, 0.3) is 0 Å². The van der Waals surface area contributed by atoms with Crippen LogP contribution in [0.1, 0.15) is 16.1 Å². The Bertz CT molecular complexity index is 1070. The number of ether oxygens (including phenoxy) is 1. The molecule has 1 heterocycles. The number of pyridine rings is 1. The van der Waals surface area contributed by atoms with Crippen LogP contribution in [-0.2, 0) is 4.84 Å². The highest BCUT2D eigenvalue weighted by atomic mass is 35.5. The number of carbonyl (C=O) groups is 2. The predicted octanol–water partition coefficient (Wildman–Crippen LogP) is 4.77. The molecule has 0 radical (unpaired) electrons. The van der Waals surface area contributed by atoms with Gasteiger partial charge in [-0.25, -0.2) is 10.3 Å². The fourth-order valence-electron chi connectivity index (χ4n) is 2.53. The highest BCUT2D eigenvalue weighted by Crippen LogP contribution is 2.25. The number of amides is 3. The first kappa shape index (κ1) is 21.1. The third-order valence-electron chi connectivity index (χ3n) is 3.90. The lowest BCUT2D eigenvalue weighted by Gasteiger charge is -2.11. The summed E-state index contributed by atoms with van der Waals surface area (Å²) < 4.78 is 5.77. The zero-order valence-corrected chi connectivity index (χ0v) is 17.0. The molecule has 9 heteroatoms. The molecule has 0 aliphatic rings. The molecule has 0 unspecified atom stereocenters. The smallest absolute Gasteiger partial charge is 0.323 e. The quantitative estimate of drug-likeness (QED) is 0.493. The van der Waals surface area contributed by atoms with Crippen molar-refractivity contribution in [2.45, 2.75) is 6.92 Å². The molecule has 8 nitrogen and oxygen atoms in total. The number of aryl methyl sites for hydroxylation is 1. The fraction of sp³-hybridized carbons (Fsp3) is 0.0952. The molecular formula is C21H19ClN4O4. The Labute approximate surface area is 178 Å². The molecule has 0 aliphatic heterocycles. The minimum absolute atomic E-state index is 0.140. The molecule has 1 aromatic heterocycles. The van der Waals surface area contributed by atoms with Crippen LogP contribution in [0.3, 0.4) is 0 Å². The third-order valence-corrected chi connectivity index (χ3v) is 4.33. The SMILES string of the molecule is CONC(=O)c1cc(Oc2cccc(NC(=O)Nc3ccc(Cl)c(C)c3)c2)ccn1. The van der Waals surface area contributed by atoms with Gasteiger partial charge in [0.2, 0.25) is 0 Å². The Hall–Kier alpha value is -3.62. The van der Waals surface area contributed by atoms with Gasteiger partial charge in [-0.1, -0.05) is 17.7 Å². The lowest BCUT2D eigenvalue weighted by atomic mass is 10.2. The van der Waals surface area contributed by atoms with E-state index in [1.165, 1.54) is 19.4 Å². The number of hydroxylamine groups is 1. The first-order valence-corrected chi connectivity index (χ1v) is 9.24. The van der Waals surface area contributed by atoms with Crippen LogP contribution in [0.4, 0.5) is 16.2 Å². The van der Waals surface area contributed by atoms with Crippen molar-refractivity contribution in [2.24, 2.45) is 0 Å². The maximum atomic E-state index is 12.3. The molecule has 0 atom stereocenters. The summed E-state index contributed by atoms with van der Waals surface area (Å²) in [5.41, 5.74) is 4.35. The number of hydrogen-bond acceptors (Lipinski definition) is 5. The van der Waals surface area contributed by atoms with Gasteiger partial charge in [0.1, 0.15) is 17.2 Å². The summed E-state index contributed by atoms with van der Waals surface area (Å²) in [6.07, 6.45) is 1.45. The van der Waals surface area contributed by atoms with E-state index < -0.39 is 11.9 Å². The van der Waals surface area contributed by atoms with Gasteiger partial charge < -0.3 is 15.4 Å². The number of benzene rings is 2. The van der Waals surface area contributed by atoms with Crippen molar-refractivity contribution in [1.82, 2.24) is 10.5 Å². The molecule has 3 aromatic rings. The summed E-state index contributed by atoms with van der Waals surface area (Å²) in [6, 6.07) is 14.7. The second-order valence-electron chi connectivity index (χ2n) is 6.19. The molecule has 0 saturated carbocycles.